The van der Waals surface area contributed by atoms with Gasteiger partial charge in [0.1, 0.15) is 17.6 Å². The Labute approximate surface area is 175 Å². The van der Waals surface area contributed by atoms with Crippen molar-refractivity contribution >= 4 is 15.9 Å². The van der Waals surface area contributed by atoms with Gasteiger partial charge in [0.05, 0.1) is 10.5 Å². The van der Waals surface area contributed by atoms with Gasteiger partial charge < -0.3 is 9.64 Å². The van der Waals surface area contributed by atoms with Crippen LogP contribution < -0.4 is 4.74 Å². The van der Waals surface area contributed by atoms with E-state index in [9.17, 15) is 22.9 Å². The van der Waals surface area contributed by atoms with Crippen LogP contribution in [-0.4, -0.2) is 55.3 Å². The first-order chi connectivity index (χ1) is 14.1. The number of benzene rings is 2. The largest absolute Gasteiger partial charge is 0.478 e. The lowest BCUT2D eigenvalue weighted by Crippen LogP contribution is -2.56. The van der Waals surface area contributed by atoms with Crippen LogP contribution in [0.2, 0.25) is 0 Å². The minimum atomic E-state index is -3.84. The highest BCUT2D eigenvalue weighted by Crippen LogP contribution is 2.24. The number of sulfonamides is 1. The SMILES string of the molecule is CC(C)(Oc1ccc(F)cc1)C(=O)N1CCN(S(=O)(=O)c2ccccc2C#N)CC1. The molecule has 0 aliphatic carbocycles. The molecule has 3 rings (SSSR count). The number of halogens is 1. The normalized spacial score (nSPS) is 15.5. The molecule has 1 fully saturated rings. The molecule has 1 aliphatic rings. The molecule has 1 aliphatic heterocycles. The van der Waals surface area contributed by atoms with Crippen LogP contribution in [0.1, 0.15) is 19.4 Å². The van der Waals surface area contributed by atoms with Gasteiger partial charge in [0.25, 0.3) is 5.91 Å². The van der Waals surface area contributed by atoms with Gasteiger partial charge in [0.2, 0.25) is 10.0 Å². The van der Waals surface area contributed by atoms with Crippen LogP contribution in [0.15, 0.2) is 53.4 Å². The fourth-order valence-electron chi connectivity index (χ4n) is 3.28. The maximum absolute atomic E-state index is 13.1. The maximum Gasteiger partial charge on any atom is 0.266 e. The standard InChI is InChI=1S/C21H22FN3O4S/c1-21(2,29-18-9-7-17(22)8-10-18)20(26)24-11-13-25(14-12-24)30(27,28)19-6-4-3-5-16(19)15-23/h3-10H,11-14H2,1-2H3. The predicted octanol–water partition coefficient (Wildman–Crippen LogP) is 2.39. The highest BCUT2D eigenvalue weighted by atomic mass is 32.2. The Balaban J connectivity index is 1.68. The van der Waals surface area contributed by atoms with E-state index in [4.69, 9.17) is 4.74 Å². The highest BCUT2D eigenvalue weighted by Gasteiger charge is 2.38. The third-order valence-electron chi connectivity index (χ3n) is 4.85. The van der Waals surface area contributed by atoms with Gasteiger partial charge in [-0.05, 0) is 50.2 Å². The zero-order valence-corrected chi connectivity index (χ0v) is 17.5. The Kier molecular flexibility index (Phi) is 6.10. The molecule has 0 unspecified atom stereocenters. The minimum Gasteiger partial charge on any atom is -0.478 e. The summed E-state index contributed by atoms with van der Waals surface area (Å²) in [6.45, 7) is 3.85. The first-order valence-electron chi connectivity index (χ1n) is 9.38. The van der Waals surface area contributed by atoms with E-state index in [1.165, 1.54) is 40.7 Å². The van der Waals surface area contributed by atoms with E-state index in [0.717, 1.165) is 0 Å². The molecule has 0 aromatic heterocycles. The number of piperazine rings is 1. The van der Waals surface area contributed by atoms with Crippen molar-refractivity contribution in [3.05, 3.63) is 59.9 Å². The zero-order valence-electron chi connectivity index (χ0n) is 16.7. The molecule has 1 amide bonds. The lowest BCUT2D eigenvalue weighted by Gasteiger charge is -2.38. The maximum atomic E-state index is 13.1. The molecule has 0 radical (unpaired) electrons. The molecular formula is C21H22FN3O4S. The van der Waals surface area contributed by atoms with E-state index in [-0.39, 0.29) is 42.5 Å². The van der Waals surface area contributed by atoms with Gasteiger partial charge in [-0.1, -0.05) is 12.1 Å². The second kappa shape index (κ2) is 8.42. The molecule has 1 saturated heterocycles. The van der Waals surface area contributed by atoms with Crippen molar-refractivity contribution in [1.82, 2.24) is 9.21 Å². The summed E-state index contributed by atoms with van der Waals surface area (Å²) in [5.41, 5.74) is -1.11. The summed E-state index contributed by atoms with van der Waals surface area (Å²) in [6, 6.07) is 13.3. The van der Waals surface area contributed by atoms with Crippen LogP contribution in [0.5, 0.6) is 5.75 Å². The minimum absolute atomic E-state index is 0.0350. The van der Waals surface area contributed by atoms with Gasteiger partial charge in [0, 0.05) is 26.2 Å². The second-order valence-electron chi connectivity index (χ2n) is 7.37. The molecule has 0 bridgehead atoms. The average Bonchev–Trinajstić information content (AvgIpc) is 2.74. The number of nitriles is 1. The Bertz CT molecular complexity index is 1070. The monoisotopic (exact) mass is 431 g/mol. The Morgan fingerprint density at radius 3 is 2.27 bits per heavy atom. The Morgan fingerprint density at radius 2 is 1.67 bits per heavy atom. The van der Waals surface area contributed by atoms with Crippen molar-refractivity contribution in [3.8, 4) is 11.8 Å². The summed E-state index contributed by atoms with van der Waals surface area (Å²) in [4.78, 5) is 14.4. The molecule has 1 heterocycles. The number of nitrogens with zero attached hydrogens (tertiary/aromatic N) is 3. The van der Waals surface area contributed by atoms with Gasteiger partial charge in [0.15, 0.2) is 5.60 Å². The van der Waals surface area contributed by atoms with Crippen molar-refractivity contribution in [1.29, 1.82) is 5.26 Å². The molecule has 158 valence electrons. The molecule has 7 nitrogen and oxygen atoms in total. The third kappa shape index (κ3) is 4.45. The van der Waals surface area contributed by atoms with E-state index in [0.29, 0.717) is 5.75 Å². The van der Waals surface area contributed by atoms with E-state index >= 15 is 0 Å². The number of ether oxygens (including phenoxy) is 1. The molecule has 0 saturated carbocycles. The topological polar surface area (TPSA) is 90.7 Å². The van der Waals surface area contributed by atoms with Crippen molar-refractivity contribution in [2.24, 2.45) is 0 Å². The molecule has 30 heavy (non-hydrogen) atoms. The van der Waals surface area contributed by atoms with Crippen LogP contribution in [0.4, 0.5) is 4.39 Å². The van der Waals surface area contributed by atoms with Crippen molar-refractivity contribution < 1.29 is 22.3 Å². The summed E-state index contributed by atoms with van der Waals surface area (Å²) in [6.07, 6.45) is 0. The average molecular weight is 431 g/mol. The lowest BCUT2D eigenvalue weighted by molar-refractivity contribution is -0.146. The second-order valence-corrected chi connectivity index (χ2v) is 9.28. The van der Waals surface area contributed by atoms with Crippen molar-refractivity contribution in [2.45, 2.75) is 24.3 Å². The summed E-state index contributed by atoms with van der Waals surface area (Å²) in [5.74, 6) is -0.327. The molecule has 0 N–H and O–H groups in total. The Morgan fingerprint density at radius 1 is 1.07 bits per heavy atom. The molecular weight excluding hydrogens is 409 g/mol. The van der Waals surface area contributed by atoms with Gasteiger partial charge in [-0.3, -0.25) is 4.79 Å². The first kappa shape index (κ1) is 21.7. The number of hydrogen-bond acceptors (Lipinski definition) is 5. The first-order valence-corrected chi connectivity index (χ1v) is 10.8. The summed E-state index contributed by atoms with van der Waals surface area (Å²) >= 11 is 0. The quantitative estimate of drug-likeness (QED) is 0.725. The molecule has 0 spiro atoms. The van der Waals surface area contributed by atoms with Crippen molar-refractivity contribution in [2.75, 3.05) is 26.2 Å². The van der Waals surface area contributed by atoms with Crippen LogP contribution in [0, 0.1) is 17.1 Å². The molecule has 0 atom stereocenters. The number of hydrogen-bond donors (Lipinski definition) is 0. The number of amides is 1. The van der Waals surface area contributed by atoms with E-state index < -0.39 is 21.4 Å². The van der Waals surface area contributed by atoms with Gasteiger partial charge in [-0.15, -0.1) is 0 Å². The van der Waals surface area contributed by atoms with Crippen LogP contribution in [0.25, 0.3) is 0 Å². The summed E-state index contributed by atoms with van der Waals surface area (Å²) < 4.78 is 45.9. The zero-order chi connectivity index (χ0) is 21.9. The number of carbonyl (C=O) groups excluding carboxylic acids is 1. The van der Waals surface area contributed by atoms with E-state index in [1.807, 2.05) is 6.07 Å². The number of rotatable bonds is 5. The predicted molar refractivity (Wildman–Crippen MR) is 108 cm³/mol. The van der Waals surface area contributed by atoms with E-state index in [2.05, 4.69) is 0 Å². The summed E-state index contributed by atoms with van der Waals surface area (Å²) in [7, 11) is -3.84. The van der Waals surface area contributed by atoms with Crippen LogP contribution in [0.3, 0.4) is 0 Å². The van der Waals surface area contributed by atoms with E-state index in [1.54, 1.807) is 30.9 Å². The highest BCUT2D eigenvalue weighted by molar-refractivity contribution is 7.89. The third-order valence-corrected chi connectivity index (χ3v) is 6.81. The van der Waals surface area contributed by atoms with Gasteiger partial charge >= 0.3 is 0 Å². The molecule has 9 heteroatoms. The van der Waals surface area contributed by atoms with Gasteiger partial charge in [-0.25, -0.2) is 12.8 Å². The molecule has 2 aromatic rings. The van der Waals surface area contributed by atoms with Crippen LogP contribution in [-0.2, 0) is 14.8 Å². The molecule has 2 aromatic carbocycles. The fourth-order valence-corrected chi connectivity index (χ4v) is 4.84. The lowest BCUT2D eigenvalue weighted by atomic mass is 10.1. The fraction of sp³-hybridized carbons (Fsp3) is 0.333. The van der Waals surface area contributed by atoms with Crippen molar-refractivity contribution in [3.63, 3.8) is 0 Å². The Hall–Kier alpha value is -2.96. The summed E-state index contributed by atoms with van der Waals surface area (Å²) in [5, 5.41) is 9.20. The number of carbonyl (C=O) groups is 1. The van der Waals surface area contributed by atoms with Gasteiger partial charge in [-0.2, -0.15) is 9.57 Å². The van der Waals surface area contributed by atoms with Crippen LogP contribution >= 0.6 is 0 Å². The smallest absolute Gasteiger partial charge is 0.266 e.